The molecule has 0 heterocycles. The van der Waals surface area contributed by atoms with Crippen molar-refractivity contribution in [2.75, 3.05) is 33.0 Å². The lowest BCUT2D eigenvalue weighted by molar-refractivity contribution is -0.154. The minimum absolute atomic E-state index is 0.0962. The van der Waals surface area contributed by atoms with Crippen molar-refractivity contribution in [3.8, 4) is 0 Å². The molecule has 0 saturated carbocycles. The molecule has 0 amide bonds. The van der Waals surface area contributed by atoms with Crippen molar-refractivity contribution >= 4 is 13.8 Å². The molecule has 0 aromatic rings. The number of allylic oxidation sites excluding steroid dienone is 4. The van der Waals surface area contributed by atoms with Crippen LogP contribution in [0.5, 0.6) is 0 Å². The monoisotopic (exact) mass is 800 g/mol. The second-order valence-corrected chi connectivity index (χ2v) is 17.1. The maximum Gasteiger partial charge on any atom is 0.472 e. The van der Waals surface area contributed by atoms with Crippen molar-refractivity contribution in [1.29, 1.82) is 0 Å². The van der Waals surface area contributed by atoms with Gasteiger partial charge in [-0.1, -0.05) is 199 Å². The van der Waals surface area contributed by atoms with Gasteiger partial charge in [0.15, 0.2) is 0 Å². The van der Waals surface area contributed by atoms with Crippen LogP contribution in [-0.4, -0.2) is 49.9 Å². The Morgan fingerprint density at radius 1 is 0.545 bits per heavy atom. The first-order valence-corrected chi connectivity index (χ1v) is 24.8. The first-order chi connectivity index (χ1) is 26.9. The molecule has 3 N–H and O–H groups in total. The lowest BCUT2D eigenvalue weighted by Gasteiger charge is -2.20. The highest BCUT2D eigenvalue weighted by Crippen LogP contribution is 2.43. The van der Waals surface area contributed by atoms with Gasteiger partial charge in [0.05, 0.1) is 19.8 Å². The number of hydrogen-bond donors (Lipinski definition) is 2. The van der Waals surface area contributed by atoms with Crippen LogP contribution in [0.25, 0.3) is 0 Å². The summed E-state index contributed by atoms with van der Waals surface area (Å²) in [5, 5.41) is 0. The summed E-state index contributed by atoms with van der Waals surface area (Å²) < 4.78 is 33.5. The third-order valence-electron chi connectivity index (χ3n) is 10.1. The molecule has 0 rings (SSSR count). The van der Waals surface area contributed by atoms with Crippen LogP contribution in [0.1, 0.15) is 226 Å². The first kappa shape index (κ1) is 54.0. The molecule has 0 saturated heterocycles. The fourth-order valence-electron chi connectivity index (χ4n) is 6.68. The van der Waals surface area contributed by atoms with E-state index in [0.717, 1.165) is 57.8 Å². The number of ether oxygens (including phenoxy) is 2. The van der Waals surface area contributed by atoms with Crippen LogP contribution in [0.15, 0.2) is 24.3 Å². The van der Waals surface area contributed by atoms with Crippen molar-refractivity contribution in [3.63, 3.8) is 0 Å². The SMILES string of the molecule is CCCCC/C=C\C/C=C\CCCCCCCC(=O)OC(COCCCCCCCCCCCCCCCCCCCCCCC)COP(=O)(O)OCCN. The molecule has 2 unspecified atom stereocenters. The first-order valence-electron chi connectivity index (χ1n) is 23.3. The average Bonchev–Trinajstić information content (AvgIpc) is 3.17. The zero-order chi connectivity index (χ0) is 40.2. The minimum Gasteiger partial charge on any atom is -0.457 e. The summed E-state index contributed by atoms with van der Waals surface area (Å²) in [6, 6.07) is 0. The Kier molecular flexibility index (Phi) is 43.3. The maximum absolute atomic E-state index is 12.6. The highest BCUT2D eigenvalue weighted by molar-refractivity contribution is 7.47. The Bertz CT molecular complexity index is 900. The lowest BCUT2D eigenvalue weighted by atomic mass is 10.0. The number of hydrogen-bond acceptors (Lipinski definition) is 7. The molecule has 55 heavy (non-hydrogen) atoms. The normalized spacial score (nSPS) is 13.6. The van der Waals surface area contributed by atoms with Crippen molar-refractivity contribution < 1.29 is 32.8 Å². The summed E-state index contributed by atoms with van der Waals surface area (Å²) in [6.45, 7) is 4.92. The quantitative estimate of drug-likeness (QED) is 0.0271. The standard InChI is InChI=1S/C46H90NO7P/c1-3-5-7-9-11-13-15-17-19-20-21-22-23-24-26-28-30-32-34-36-38-41-51-43-45(44-53-55(49,50)52-42-40-47)54-46(48)39-37-35-33-31-29-27-25-18-16-14-12-10-8-6-4-2/h12,14,18,25,45H,3-11,13,15-17,19-24,26-44,47H2,1-2H3,(H,49,50)/b14-12-,25-18-. The van der Waals surface area contributed by atoms with Gasteiger partial charge in [-0.05, 0) is 44.9 Å². The van der Waals surface area contributed by atoms with E-state index in [-0.39, 0.29) is 32.3 Å². The van der Waals surface area contributed by atoms with Gasteiger partial charge in [0, 0.05) is 19.6 Å². The number of unbranched alkanes of at least 4 members (excludes halogenated alkanes) is 28. The molecular weight excluding hydrogens is 709 g/mol. The zero-order valence-corrected chi connectivity index (χ0v) is 37.1. The van der Waals surface area contributed by atoms with Crippen molar-refractivity contribution in [1.82, 2.24) is 0 Å². The topological polar surface area (TPSA) is 117 Å². The zero-order valence-electron chi connectivity index (χ0n) is 36.2. The summed E-state index contributed by atoms with van der Waals surface area (Å²) in [5.41, 5.74) is 5.37. The number of phosphoric acid groups is 1. The molecule has 0 radical (unpaired) electrons. The number of esters is 1. The Morgan fingerprint density at radius 2 is 0.964 bits per heavy atom. The van der Waals surface area contributed by atoms with Crippen LogP contribution in [0, 0.1) is 0 Å². The molecule has 0 aromatic carbocycles. The highest BCUT2D eigenvalue weighted by atomic mass is 31.2. The molecule has 326 valence electrons. The molecular formula is C46H90NO7P. The summed E-state index contributed by atoms with van der Waals surface area (Å²) >= 11 is 0. The lowest BCUT2D eigenvalue weighted by Crippen LogP contribution is -2.28. The van der Waals surface area contributed by atoms with E-state index in [2.05, 4.69) is 38.2 Å². The van der Waals surface area contributed by atoms with Gasteiger partial charge in [0.1, 0.15) is 6.10 Å². The molecule has 0 aliphatic rings. The van der Waals surface area contributed by atoms with Crippen LogP contribution < -0.4 is 5.73 Å². The molecule has 0 fully saturated rings. The van der Waals surface area contributed by atoms with E-state index in [4.69, 9.17) is 24.3 Å². The number of carbonyl (C=O) groups excluding carboxylic acids is 1. The molecule has 0 bridgehead atoms. The second kappa shape index (κ2) is 44.1. The van der Waals surface area contributed by atoms with Crippen LogP contribution in [-0.2, 0) is 27.9 Å². The van der Waals surface area contributed by atoms with Gasteiger partial charge in [0.2, 0.25) is 0 Å². The van der Waals surface area contributed by atoms with Gasteiger partial charge < -0.3 is 20.1 Å². The van der Waals surface area contributed by atoms with Gasteiger partial charge in [-0.15, -0.1) is 0 Å². The molecule has 8 nitrogen and oxygen atoms in total. The molecule has 0 aliphatic carbocycles. The van der Waals surface area contributed by atoms with Crippen LogP contribution in [0.4, 0.5) is 0 Å². The summed E-state index contributed by atoms with van der Waals surface area (Å²) in [6.07, 6.45) is 49.2. The molecule has 2 atom stereocenters. The van der Waals surface area contributed by atoms with Crippen molar-refractivity contribution in [2.24, 2.45) is 5.73 Å². The number of nitrogens with two attached hydrogens (primary N) is 1. The summed E-state index contributed by atoms with van der Waals surface area (Å²) in [5.74, 6) is -0.340. The number of carbonyl (C=O) groups is 1. The Balaban J connectivity index is 3.95. The largest absolute Gasteiger partial charge is 0.472 e. The number of rotatable bonds is 45. The average molecular weight is 800 g/mol. The van der Waals surface area contributed by atoms with Crippen molar-refractivity contribution in [3.05, 3.63) is 24.3 Å². The van der Waals surface area contributed by atoms with E-state index >= 15 is 0 Å². The molecule has 0 aromatic heterocycles. The minimum atomic E-state index is -4.28. The van der Waals surface area contributed by atoms with Crippen molar-refractivity contribution in [2.45, 2.75) is 232 Å². The maximum atomic E-state index is 12.6. The Morgan fingerprint density at radius 3 is 1.45 bits per heavy atom. The third kappa shape index (κ3) is 43.9. The summed E-state index contributed by atoms with van der Waals surface area (Å²) in [7, 11) is -4.28. The van der Waals surface area contributed by atoms with E-state index < -0.39 is 13.9 Å². The molecule has 0 spiro atoms. The molecule has 0 aliphatic heterocycles. The van der Waals surface area contributed by atoms with Gasteiger partial charge in [0.25, 0.3) is 0 Å². The van der Waals surface area contributed by atoms with Gasteiger partial charge in [-0.3, -0.25) is 13.8 Å². The summed E-state index contributed by atoms with van der Waals surface area (Å²) in [4.78, 5) is 22.5. The fourth-order valence-corrected chi connectivity index (χ4v) is 7.44. The Hall–Kier alpha value is -1.02. The van der Waals surface area contributed by atoms with Crippen LogP contribution in [0.2, 0.25) is 0 Å². The third-order valence-corrected chi connectivity index (χ3v) is 11.1. The predicted molar refractivity (Wildman–Crippen MR) is 233 cm³/mol. The van der Waals surface area contributed by atoms with E-state index in [1.807, 2.05) is 0 Å². The smallest absolute Gasteiger partial charge is 0.457 e. The Labute approximate surface area is 340 Å². The van der Waals surface area contributed by atoms with Gasteiger partial charge in [-0.25, -0.2) is 4.57 Å². The fraction of sp³-hybridized carbons (Fsp3) is 0.891. The van der Waals surface area contributed by atoms with Gasteiger partial charge in [-0.2, -0.15) is 0 Å². The van der Waals surface area contributed by atoms with Crippen LogP contribution >= 0.6 is 7.82 Å². The van der Waals surface area contributed by atoms with E-state index in [9.17, 15) is 14.3 Å². The van der Waals surface area contributed by atoms with E-state index in [0.29, 0.717) is 13.0 Å². The number of phosphoric ester groups is 1. The van der Waals surface area contributed by atoms with Gasteiger partial charge >= 0.3 is 13.8 Å². The van der Waals surface area contributed by atoms with Crippen LogP contribution in [0.3, 0.4) is 0 Å². The highest BCUT2D eigenvalue weighted by Gasteiger charge is 2.25. The second-order valence-electron chi connectivity index (χ2n) is 15.6. The van der Waals surface area contributed by atoms with E-state index in [1.165, 1.54) is 148 Å². The predicted octanol–water partition coefficient (Wildman–Crippen LogP) is 14.0. The van der Waals surface area contributed by atoms with E-state index in [1.54, 1.807) is 0 Å². The molecule has 9 heteroatoms.